The molecular weight excluding hydrogens is 743 g/mol. The van der Waals surface area contributed by atoms with Crippen LogP contribution in [0.5, 0.6) is 0 Å². The van der Waals surface area contributed by atoms with Crippen LogP contribution in [0.3, 0.4) is 0 Å². The first kappa shape index (κ1) is 56.0. The van der Waals surface area contributed by atoms with E-state index in [4.69, 9.17) is 18.9 Å². The van der Waals surface area contributed by atoms with Crippen LogP contribution in [0.25, 0.3) is 0 Å². The number of allylic oxidation sites excluding steroid dienone is 10. The summed E-state index contributed by atoms with van der Waals surface area (Å²) in [6.07, 6.45) is 46.7. The number of hydrogen-bond acceptors (Lipinski definition) is 8. The second kappa shape index (κ2) is 41.7. The van der Waals surface area contributed by atoms with Gasteiger partial charge in [-0.3, -0.25) is 9.59 Å². The van der Waals surface area contributed by atoms with Gasteiger partial charge in [0.2, 0.25) is 0 Å². The number of ether oxygens (including phenoxy) is 4. The molecule has 9 nitrogen and oxygen atoms in total. The lowest BCUT2D eigenvalue weighted by atomic mass is 10.1. The van der Waals surface area contributed by atoms with Crippen molar-refractivity contribution in [2.24, 2.45) is 0 Å². The molecule has 0 aliphatic heterocycles. The minimum atomic E-state index is -1.63. The zero-order valence-electron chi connectivity index (χ0n) is 38.4. The van der Waals surface area contributed by atoms with Gasteiger partial charge in [-0.25, -0.2) is 0 Å². The van der Waals surface area contributed by atoms with E-state index in [1.807, 2.05) is 21.1 Å². The second-order valence-electron chi connectivity index (χ2n) is 16.7. The van der Waals surface area contributed by atoms with E-state index in [1.54, 1.807) is 0 Å². The highest BCUT2D eigenvalue weighted by molar-refractivity contribution is 5.70. The lowest BCUT2D eigenvalue weighted by Crippen LogP contribution is -2.44. The van der Waals surface area contributed by atoms with Gasteiger partial charge in [-0.1, -0.05) is 152 Å². The number of unbranched alkanes of at least 4 members (excludes halogenated alkanes) is 17. The Labute approximate surface area is 361 Å². The summed E-state index contributed by atoms with van der Waals surface area (Å²) in [7, 11) is 5.90. The normalized spacial score (nSPS) is 13.4. The molecule has 0 bridgehead atoms. The van der Waals surface area contributed by atoms with Crippen LogP contribution in [0.2, 0.25) is 0 Å². The standard InChI is InChI=1S/C50H87NO8/c1-6-8-10-12-14-16-18-20-21-22-23-24-25-26-27-29-31-33-35-37-39-41-48(53)59-46(45-58-50(49(54)55)56-43-42-51(3,4)5)44-57-47(52)40-38-36-34-32-30-28-19-17-15-13-11-9-7-2/h8,10,14,16-17,19-21,23-24,46,50H,6-7,9,11-13,15,18,22,25-45H2,1-5H3/b10-8-,16-14-,19-17-,21-20-,24-23-. The fraction of sp³-hybridized carbons (Fsp3) is 0.740. The number of carbonyl (C=O) groups is 3. The number of aliphatic carboxylic acids is 1. The highest BCUT2D eigenvalue weighted by Gasteiger charge is 2.21. The summed E-state index contributed by atoms with van der Waals surface area (Å²) in [6.45, 7) is 4.58. The summed E-state index contributed by atoms with van der Waals surface area (Å²) in [5.74, 6) is -2.31. The molecule has 0 spiro atoms. The van der Waals surface area contributed by atoms with Crippen LogP contribution in [0, 0.1) is 0 Å². The molecule has 0 aromatic carbocycles. The SMILES string of the molecule is CC/C=C\C/C=C\C/C=C\C/C=C\CCCCCCCCCCC(=O)OC(COC(=O)CCCCCCC/C=C\CCCCCC)COC(OCC[N+](C)(C)C)C(=O)[O-]. The van der Waals surface area contributed by atoms with E-state index in [1.165, 1.54) is 57.8 Å². The number of quaternary nitrogens is 1. The van der Waals surface area contributed by atoms with Crippen molar-refractivity contribution in [2.75, 3.05) is 47.5 Å². The van der Waals surface area contributed by atoms with E-state index >= 15 is 0 Å². The van der Waals surface area contributed by atoms with Crippen LogP contribution < -0.4 is 5.11 Å². The van der Waals surface area contributed by atoms with E-state index in [-0.39, 0.29) is 38.6 Å². The van der Waals surface area contributed by atoms with Crippen molar-refractivity contribution in [3.8, 4) is 0 Å². The van der Waals surface area contributed by atoms with Gasteiger partial charge >= 0.3 is 11.9 Å². The lowest BCUT2D eigenvalue weighted by Gasteiger charge is -2.26. The molecule has 0 amide bonds. The molecule has 0 N–H and O–H groups in total. The maximum absolute atomic E-state index is 12.8. The van der Waals surface area contributed by atoms with E-state index in [2.05, 4.69) is 74.6 Å². The van der Waals surface area contributed by atoms with Crippen molar-refractivity contribution in [1.82, 2.24) is 0 Å². The van der Waals surface area contributed by atoms with E-state index in [9.17, 15) is 19.5 Å². The summed E-state index contributed by atoms with van der Waals surface area (Å²) in [5.41, 5.74) is 0. The Balaban J connectivity index is 4.41. The Bertz CT molecular complexity index is 1150. The summed E-state index contributed by atoms with van der Waals surface area (Å²) in [6, 6.07) is 0. The molecule has 340 valence electrons. The number of rotatable bonds is 42. The molecule has 9 heteroatoms. The van der Waals surface area contributed by atoms with Gasteiger partial charge in [0.25, 0.3) is 0 Å². The van der Waals surface area contributed by atoms with E-state index in [0.717, 1.165) is 89.9 Å². The summed E-state index contributed by atoms with van der Waals surface area (Å²) in [4.78, 5) is 37.0. The average molecular weight is 830 g/mol. The number of carbonyl (C=O) groups excluding carboxylic acids is 3. The van der Waals surface area contributed by atoms with Crippen molar-refractivity contribution in [3.63, 3.8) is 0 Å². The predicted octanol–water partition coefficient (Wildman–Crippen LogP) is 11.2. The molecule has 0 aromatic rings. The van der Waals surface area contributed by atoms with Crippen molar-refractivity contribution in [1.29, 1.82) is 0 Å². The monoisotopic (exact) mass is 830 g/mol. The molecule has 0 aliphatic carbocycles. The van der Waals surface area contributed by atoms with E-state index < -0.39 is 24.3 Å². The van der Waals surface area contributed by atoms with Crippen LogP contribution in [-0.2, 0) is 33.3 Å². The molecule has 0 aliphatic rings. The van der Waals surface area contributed by atoms with Crippen molar-refractivity contribution < 1.29 is 42.9 Å². The first-order valence-corrected chi connectivity index (χ1v) is 23.4. The fourth-order valence-corrected chi connectivity index (χ4v) is 6.11. The Hall–Kier alpha value is -3.01. The number of nitrogens with zero attached hydrogens (tertiary/aromatic N) is 1. The maximum atomic E-state index is 12.8. The Morgan fingerprint density at radius 1 is 0.525 bits per heavy atom. The zero-order valence-corrected chi connectivity index (χ0v) is 38.4. The van der Waals surface area contributed by atoms with Gasteiger partial charge in [-0.15, -0.1) is 0 Å². The van der Waals surface area contributed by atoms with E-state index in [0.29, 0.717) is 17.4 Å². The number of carboxylic acids is 1. The summed E-state index contributed by atoms with van der Waals surface area (Å²) < 4.78 is 22.5. The predicted molar refractivity (Wildman–Crippen MR) is 242 cm³/mol. The smallest absolute Gasteiger partial charge is 0.306 e. The number of carboxylic acid groups (broad SMARTS) is 1. The number of likely N-dealkylation sites (N-methyl/N-ethyl adjacent to an activating group) is 1. The molecule has 0 fully saturated rings. The third-order valence-electron chi connectivity index (χ3n) is 9.75. The van der Waals surface area contributed by atoms with Gasteiger partial charge in [0.1, 0.15) is 13.2 Å². The van der Waals surface area contributed by atoms with Crippen LogP contribution in [0.1, 0.15) is 181 Å². The highest BCUT2D eigenvalue weighted by atomic mass is 16.7. The third kappa shape index (κ3) is 42.9. The van der Waals surface area contributed by atoms with Crippen molar-refractivity contribution in [3.05, 3.63) is 60.8 Å². The minimum absolute atomic E-state index is 0.142. The van der Waals surface area contributed by atoms with Gasteiger partial charge in [0.15, 0.2) is 12.4 Å². The Kier molecular flexibility index (Phi) is 39.6. The van der Waals surface area contributed by atoms with Crippen LogP contribution >= 0.6 is 0 Å². The van der Waals surface area contributed by atoms with Crippen molar-refractivity contribution in [2.45, 2.75) is 193 Å². The van der Waals surface area contributed by atoms with Gasteiger partial charge in [-0.05, 0) is 77.0 Å². The molecular formula is C50H87NO8. The molecule has 59 heavy (non-hydrogen) atoms. The first-order valence-electron chi connectivity index (χ1n) is 23.4. The maximum Gasteiger partial charge on any atom is 0.306 e. The van der Waals surface area contributed by atoms with Crippen LogP contribution in [-0.4, -0.2) is 82.3 Å². The van der Waals surface area contributed by atoms with Gasteiger partial charge in [-0.2, -0.15) is 0 Å². The topological polar surface area (TPSA) is 111 Å². The summed E-state index contributed by atoms with van der Waals surface area (Å²) in [5, 5.41) is 11.7. The van der Waals surface area contributed by atoms with Crippen LogP contribution in [0.4, 0.5) is 0 Å². The zero-order chi connectivity index (χ0) is 43.5. The van der Waals surface area contributed by atoms with Gasteiger partial charge in [0, 0.05) is 12.8 Å². The highest BCUT2D eigenvalue weighted by Crippen LogP contribution is 2.13. The van der Waals surface area contributed by atoms with Gasteiger partial charge < -0.3 is 33.3 Å². The molecule has 0 aromatic heterocycles. The second-order valence-corrected chi connectivity index (χ2v) is 16.7. The summed E-state index contributed by atoms with van der Waals surface area (Å²) >= 11 is 0. The molecule has 0 rings (SSSR count). The Morgan fingerprint density at radius 2 is 0.966 bits per heavy atom. The molecule has 0 saturated heterocycles. The third-order valence-corrected chi connectivity index (χ3v) is 9.75. The first-order chi connectivity index (χ1) is 28.6. The van der Waals surface area contributed by atoms with Crippen LogP contribution in [0.15, 0.2) is 60.8 Å². The fourth-order valence-electron chi connectivity index (χ4n) is 6.11. The lowest BCUT2D eigenvalue weighted by molar-refractivity contribution is -0.870. The number of hydrogen-bond donors (Lipinski definition) is 0. The molecule has 0 saturated carbocycles. The molecule has 0 radical (unpaired) electrons. The molecule has 2 unspecified atom stereocenters. The largest absolute Gasteiger partial charge is 0.545 e. The minimum Gasteiger partial charge on any atom is -0.545 e. The number of esters is 2. The molecule has 2 atom stereocenters. The average Bonchev–Trinajstić information content (AvgIpc) is 3.19. The quantitative estimate of drug-likeness (QED) is 0.0197. The molecule has 0 heterocycles. The van der Waals surface area contributed by atoms with Gasteiger partial charge in [0.05, 0.1) is 40.3 Å². The Morgan fingerprint density at radius 3 is 1.46 bits per heavy atom. The van der Waals surface area contributed by atoms with Crippen molar-refractivity contribution >= 4 is 17.9 Å².